The summed E-state index contributed by atoms with van der Waals surface area (Å²) in [6, 6.07) is 4.87. The highest BCUT2D eigenvalue weighted by molar-refractivity contribution is 7.89. The van der Waals surface area contributed by atoms with Crippen LogP contribution in [0.3, 0.4) is 0 Å². The van der Waals surface area contributed by atoms with Gasteiger partial charge in [-0.15, -0.1) is 0 Å². The molecule has 0 bridgehead atoms. The van der Waals surface area contributed by atoms with Gasteiger partial charge >= 0.3 is 0 Å². The van der Waals surface area contributed by atoms with E-state index < -0.39 is 10.0 Å². The van der Waals surface area contributed by atoms with Crippen LogP contribution in [-0.4, -0.2) is 54.7 Å². The van der Waals surface area contributed by atoms with Gasteiger partial charge in [-0.1, -0.05) is 13.8 Å². The van der Waals surface area contributed by atoms with Gasteiger partial charge in [-0.2, -0.15) is 4.31 Å². The third kappa shape index (κ3) is 3.72. The summed E-state index contributed by atoms with van der Waals surface area (Å²) in [5.74, 6) is 0. The number of piperidine rings is 1. The van der Waals surface area contributed by atoms with Gasteiger partial charge in [0.2, 0.25) is 10.0 Å². The molecule has 0 aliphatic carbocycles. The van der Waals surface area contributed by atoms with Gasteiger partial charge in [-0.05, 0) is 43.3 Å². The van der Waals surface area contributed by atoms with Gasteiger partial charge in [0.15, 0.2) is 12.3 Å². The Balaban J connectivity index is 2.00. The van der Waals surface area contributed by atoms with Gasteiger partial charge < -0.3 is 14.4 Å². The summed E-state index contributed by atoms with van der Waals surface area (Å²) in [4.78, 5) is 1.77. The lowest BCUT2D eigenvalue weighted by atomic mass is 10.1. The van der Waals surface area contributed by atoms with E-state index in [0.29, 0.717) is 42.2 Å². The second-order valence-corrected chi connectivity index (χ2v) is 8.96. The minimum Gasteiger partial charge on any atom is -0.429 e. The quantitative estimate of drug-likeness (QED) is 0.707. The number of rotatable bonds is 6. The zero-order valence-electron chi connectivity index (χ0n) is 15.1. The minimum atomic E-state index is -3.54. The number of oxazole rings is 1. The van der Waals surface area contributed by atoms with E-state index in [2.05, 4.69) is 0 Å². The average Bonchev–Trinajstić information content (AvgIpc) is 2.91. The fraction of sp³-hybridized carbons (Fsp3) is 0.588. The number of hydrogen-bond acceptors (Lipinski definition) is 5. The molecule has 3 rings (SSSR count). The maximum atomic E-state index is 12.8. The first kappa shape index (κ1) is 19.5. The Morgan fingerprint density at radius 1 is 1.38 bits per heavy atom. The van der Waals surface area contributed by atoms with E-state index in [9.17, 15) is 13.5 Å². The lowest BCUT2D eigenvalue weighted by Crippen LogP contribution is -3.13. The number of hydrogen-bond donors (Lipinski definition) is 2. The van der Waals surface area contributed by atoms with Gasteiger partial charge in [0.1, 0.15) is 12.6 Å². The van der Waals surface area contributed by atoms with Crippen molar-refractivity contribution in [3.8, 4) is 0 Å². The van der Waals surface area contributed by atoms with E-state index in [1.165, 1.54) is 9.21 Å². The molecule has 0 saturated carbocycles. The second-order valence-electron chi connectivity index (χ2n) is 6.67. The monoisotopic (exact) mass is 400 g/mol. The molecule has 9 heteroatoms. The maximum absolute atomic E-state index is 12.8. The van der Waals surface area contributed by atoms with Crippen molar-refractivity contribution in [1.29, 1.82) is 0 Å². The maximum Gasteiger partial charge on any atom is 0.274 e. The first-order chi connectivity index (χ1) is 12.4. The van der Waals surface area contributed by atoms with Crippen molar-refractivity contribution in [2.24, 2.45) is 0 Å². The van der Waals surface area contributed by atoms with Crippen LogP contribution >= 0.6 is 12.2 Å². The van der Waals surface area contributed by atoms with Crippen molar-refractivity contribution >= 4 is 33.3 Å². The number of quaternary nitrogens is 1. The molecule has 7 nitrogen and oxygen atoms in total. The van der Waals surface area contributed by atoms with Crippen molar-refractivity contribution in [3.05, 3.63) is 23.0 Å². The number of aliphatic hydroxyl groups excluding tert-OH is 1. The summed E-state index contributed by atoms with van der Waals surface area (Å²) < 4.78 is 34.5. The molecule has 144 valence electrons. The zero-order chi connectivity index (χ0) is 18.9. The number of aromatic nitrogens is 1. The molecule has 2 atom stereocenters. The van der Waals surface area contributed by atoms with Crippen LogP contribution in [0.1, 0.15) is 26.7 Å². The Hall–Kier alpha value is -1.26. The number of sulfonamides is 1. The second kappa shape index (κ2) is 7.77. The van der Waals surface area contributed by atoms with E-state index in [4.69, 9.17) is 16.6 Å². The predicted octanol–water partition coefficient (Wildman–Crippen LogP) is 0.991. The third-order valence-corrected chi connectivity index (χ3v) is 7.31. The van der Waals surface area contributed by atoms with Crippen LogP contribution in [0.5, 0.6) is 0 Å². The number of likely N-dealkylation sites (tertiary alicyclic amines) is 1. The van der Waals surface area contributed by atoms with E-state index >= 15 is 0 Å². The van der Waals surface area contributed by atoms with Crippen LogP contribution in [-0.2, 0) is 16.7 Å². The van der Waals surface area contributed by atoms with E-state index in [0.717, 1.165) is 19.4 Å². The summed E-state index contributed by atoms with van der Waals surface area (Å²) in [7, 11) is -3.54. The standard InChI is InChI=1S/C17H25N3O4S2/c1-3-19(4-2)26(22,23)14-7-8-16-15(10-14)20(17(25)24-16)12-18-9-5-6-13(21)11-18/h7-8,10,13,21H,3-6,9,11-12H2,1-2H3/p+1/t13-/m0/s1. The van der Waals surface area contributed by atoms with Crippen molar-refractivity contribution in [2.75, 3.05) is 26.2 Å². The Morgan fingerprint density at radius 3 is 2.77 bits per heavy atom. The van der Waals surface area contributed by atoms with E-state index in [-0.39, 0.29) is 11.0 Å². The van der Waals surface area contributed by atoms with Gasteiger partial charge in [0.25, 0.3) is 4.84 Å². The first-order valence-electron chi connectivity index (χ1n) is 9.02. The van der Waals surface area contributed by atoms with E-state index in [1.54, 1.807) is 18.2 Å². The molecule has 1 saturated heterocycles. The smallest absolute Gasteiger partial charge is 0.274 e. The third-order valence-electron chi connectivity index (χ3n) is 4.96. The fourth-order valence-electron chi connectivity index (χ4n) is 3.56. The molecule has 26 heavy (non-hydrogen) atoms. The van der Waals surface area contributed by atoms with Gasteiger partial charge in [-0.3, -0.25) is 4.57 Å². The van der Waals surface area contributed by atoms with Crippen LogP contribution in [0.25, 0.3) is 11.1 Å². The number of benzene rings is 1. The number of nitrogens with one attached hydrogen (secondary N) is 1. The van der Waals surface area contributed by atoms with Crippen LogP contribution < -0.4 is 4.90 Å². The molecule has 1 fully saturated rings. The van der Waals surface area contributed by atoms with Crippen molar-refractivity contribution in [1.82, 2.24) is 8.87 Å². The molecule has 1 aromatic heterocycles. The summed E-state index contributed by atoms with van der Waals surface area (Å²) >= 11 is 5.35. The highest BCUT2D eigenvalue weighted by atomic mass is 32.2. The molecular weight excluding hydrogens is 374 g/mol. The normalized spacial score (nSPS) is 21.5. The SMILES string of the molecule is CCN(CC)S(=O)(=O)c1ccc2oc(=S)n(C[NH+]3CCC[C@H](O)C3)c2c1. The van der Waals surface area contributed by atoms with Crippen LogP contribution in [0.2, 0.25) is 0 Å². The Morgan fingerprint density at radius 2 is 2.12 bits per heavy atom. The lowest BCUT2D eigenvalue weighted by molar-refractivity contribution is -0.930. The van der Waals surface area contributed by atoms with Crippen LogP contribution in [0.15, 0.2) is 27.5 Å². The molecule has 2 N–H and O–H groups in total. The Labute approximate surface area is 158 Å². The lowest BCUT2D eigenvalue weighted by Gasteiger charge is -2.27. The highest BCUT2D eigenvalue weighted by Gasteiger charge is 2.25. The highest BCUT2D eigenvalue weighted by Crippen LogP contribution is 2.23. The van der Waals surface area contributed by atoms with E-state index in [1.807, 2.05) is 18.4 Å². The molecule has 1 aliphatic rings. The molecule has 0 spiro atoms. The number of nitrogens with zero attached hydrogens (tertiary/aromatic N) is 2. The Kier molecular flexibility index (Phi) is 5.83. The summed E-state index contributed by atoms with van der Waals surface area (Å²) in [6.45, 7) is 6.65. The summed E-state index contributed by atoms with van der Waals surface area (Å²) in [5, 5.41) is 9.89. The number of aliphatic hydroxyl groups is 1. The molecule has 1 aromatic carbocycles. The zero-order valence-corrected chi connectivity index (χ0v) is 16.8. The van der Waals surface area contributed by atoms with Crippen molar-refractivity contribution < 1.29 is 22.8 Å². The summed E-state index contributed by atoms with van der Waals surface area (Å²) in [5.41, 5.74) is 1.25. The predicted molar refractivity (Wildman–Crippen MR) is 101 cm³/mol. The Bertz CT molecular complexity index is 931. The summed E-state index contributed by atoms with van der Waals surface area (Å²) in [6.07, 6.45) is 1.48. The molecule has 0 amide bonds. The van der Waals surface area contributed by atoms with Gasteiger partial charge in [0, 0.05) is 13.1 Å². The first-order valence-corrected chi connectivity index (χ1v) is 10.9. The molecular formula is C17H26N3O4S2+. The topological polar surface area (TPSA) is 80.1 Å². The molecule has 1 aliphatic heterocycles. The van der Waals surface area contributed by atoms with Crippen LogP contribution in [0, 0.1) is 4.84 Å². The largest absolute Gasteiger partial charge is 0.429 e. The van der Waals surface area contributed by atoms with Crippen molar-refractivity contribution in [2.45, 2.75) is 44.4 Å². The molecule has 2 heterocycles. The van der Waals surface area contributed by atoms with Gasteiger partial charge in [0.05, 0.1) is 17.0 Å². The molecule has 0 radical (unpaired) electrons. The average molecular weight is 401 g/mol. The van der Waals surface area contributed by atoms with Gasteiger partial charge in [-0.25, -0.2) is 8.42 Å². The van der Waals surface area contributed by atoms with Crippen LogP contribution in [0.4, 0.5) is 0 Å². The number of fused-ring (bicyclic) bond motifs is 1. The van der Waals surface area contributed by atoms with Crippen molar-refractivity contribution in [3.63, 3.8) is 0 Å². The minimum absolute atomic E-state index is 0.243. The molecule has 1 unspecified atom stereocenters. The fourth-order valence-corrected chi connectivity index (χ4v) is 5.29. The molecule has 2 aromatic rings.